The highest BCUT2D eigenvalue weighted by Gasteiger charge is 2.26. The molecule has 0 saturated carbocycles. The summed E-state index contributed by atoms with van der Waals surface area (Å²) < 4.78 is 18.7. The molecule has 3 N–H and O–H groups in total. The van der Waals surface area contributed by atoms with Gasteiger partial charge in [-0.05, 0) is 55.2 Å². The first-order valence-corrected chi connectivity index (χ1v) is 12.2. The number of carbonyl (C=O) groups is 1. The van der Waals surface area contributed by atoms with Gasteiger partial charge in [0, 0.05) is 24.5 Å². The summed E-state index contributed by atoms with van der Waals surface area (Å²) in [7, 11) is 0. The lowest BCUT2D eigenvalue weighted by atomic mass is 10.0. The molecule has 1 amide bonds. The van der Waals surface area contributed by atoms with Crippen LogP contribution in [0.4, 0.5) is 15.8 Å². The van der Waals surface area contributed by atoms with Crippen LogP contribution >= 0.6 is 0 Å². The molecule has 0 radical (unpaired) electrons. The van der Waals surface area contributed by atoms with E-state index in [4.69, 9.17) is 10.3 Å². The van der Waals surface area contributed by atoms with E-state index < -0.39 is 0 Å². The van der Waals surface area contributed by atoms with Crippen LogP contribution < -0.4 is 16.0 Å². The zero-order valence-corrected chi connectivity index (χ0v) is 20.2. The molecule has 5 aromatic rings. The van der Waals surface area contributed by atoms with Gasteiger partial charge in [0.2, 0.25) is 0 Å². The third kappa shape index (κ3) is 4.38. The maximum absolute atomic E-state index is 13.4. The smallest absolute Gasteiger partial charge is 0.274 e. The number of pyridine rings is 2. The highest BCUT2D eigenvalue weighted by Crippen LogP contribution is 2.37. The lowest BCUT2D eigenvalue weighted by Crippen LogP contribution is -2.43. The molecule has 6 rings (SSSR count). The van der Waals surface area contributed by atoms with E-state index in [1.54, 1.807) is 24.4 Å². The fourth-order valence-electron chi connectivity index (χ4n) is 4.92. The van der Waals surface area contributed by atoms with E-state index in [-0.39, 0.29) is 23.5 Å². The second-order valence-electron chi connectivity index (χ2n) is 9.38. The standard InChI is InChI=1S/C28H25FN6O2/c1-16-25-26(35-12-2-3-21(30)15-35)24(14-31-28(25)37-34-16)33-27(36)22-11-8-18-4-5-19(13-23(18)32-22)17-6-9-20(29)10-7-17/h4-11,13-14,21H,2-3,12,15,30H2,1H3,(H,33,36)/t21-/m0/s1. The fraction of sp³-hybridized carbons (Fsp3) is 0.214. The largest absolute Gasteiger partial charge is 0.368 e. The van der Waals surface area contributed by atoms with Gasteiger partial charge >= 0.3 is 0 Å². The second-order valence-corrected chi connectivity index (χ2v) is 9.38. The fourth-order valence-corrected chi connectivity index (χ4v) is 4.92. The summed E-state index contributed by atoms with van der Waals surface area (Å²) in [5.41, 5.74) is 11.4. The van der Waals surface area contributed by atoms with Crippen LogP contribution in [0.5, 0.6) is 0 Å². The molecule has 1 aliphatic rings. The number of rotatable bonds is 4. The average molecular weight is 497 g/mol. The number of nitrogens with zero attached hydrogens (tertiary/aromatic N) is 4. The molecule has 0 unspecified atom stereocenters. The molecule has 1 saturated heterocycles. The van der Waals surface area contributed by atoms with Gasteiger partial charge in [0.1, 0.15) is 11.5 Å². The van der Waals surface area contributed by atoms with Gasteiger partial charge in [-0.3, -0.25) is 4.79 Å². The molecule has 2 aromatic carbocycles. The Morgan fingerprint density at radius 2 is 1.92 bits per heavy atom. The topological polar surface area (TPSA) is 110 Å². The van der Waals surface area contributed by atoms with Crippen molar-refractivity contribution in [3.8, 4) is 11.1 Å². The molecule has 8 nitrogen and oxygen atoms in total. The average Bonchev–Trinajstić information content (AvgIpc) is 3.29. The molecule has 1 aliphatic heterocycles. The summed E-state index contributed by atoms with van der Waals surface area (Å²) in [6.45, 7) is 3.32. The number of halogens is 1. The molecule has 0 aliphatic carbocycles. The molecule has 0 bridgehead atoms. The minimum absolute atomic E-state index is 0.0399. The van der Waals surface area contributed by atoms with Crippen molar-refractivity contribution >= 4 is 39.3 Å². The van der Waals surface area contributed by atoms with Crippen molar-refractivity contribution in [3.05, 3.63) is 78.0 Å². The first-order valence-electron chi connectivity index (χ1n) is 12.2. The number of aryl methyl sites for hydroxylation is 1. The van der Waals surface area contributed by atoms with Crippen molar-refractivity contribution in [2.24, 2.45) is 5.73 Å². The van der Waals surface area contributed by atoms with Crippen LogP contribution in [0.3, 0.4) is 0 Å². The van der Waals surface area contributed by atoms with Crippen LogP contribution in [-0.4, -0.2) is 40.2 Å². The van der Waals surface area contributed by atoms with E-state index >= 15 is 0 Å². The maximum Gasteiger partial charge on any atom is 0.274 e. The lowest BCUT2D eigenvalue weighted by Gasteiger charge is -2.34. The van der Waals surface area contributed by atoms with E-state index in [1.165, 1.54) is 12.1 Å². The van der Waals surface area contributed by atoms with Crippen LogP contribution in [-0.2, 0) is 0 Å². The molecule has 1 atom stereocenters. The van der Waals surface area contributed by atoms with Gasteiger partial charge in [-0.25, -0.2) is 14.4 Å². The first kappa shape index (κ1) is 23.1. The monoisotopic (exact) mass is 496 g/mol. The Morgan fingerprint density at radius 1 is 1.14 bits per heavy atom. The zero-order chi connectivity index (χ0) is 25.5. The van der Waals surface area contributed by atoms with Gasteiger partial charge in [0.25, 0.3) is 11.6 Å². The number of hydrogen-bond acceptors (Lipinski definition) is 7. The molecule has 4 heterocycles. The summed E-state index contributed by atoms with van der Waals surface area (Å²) >= 11 is 0. The van der Waals surface area contributed by atoms with E-state index in [1.807, 2.05) is 31.2 Å². The van der Waals surface area contributed by atoms with Crippen molar-refractivity contribution in [2.45, 2.75) is 25.8 Å². The molecule has 1 fully saturated rings. The van der Waals surface area contributed by atoms with E-state index in [2.05, 4.69) is 25.3 Å². The summed E-state index contributed by atoms with van der Waals surface area (Å²) in [5, 5.41) is 8.75. The van der Waals surface area contributed by atoms with Crippen molar-refractivity contribution in [3.63, 3.8) is 0 Å². The third-order valence-corrected chi connectivity index (χ3v) is 6.77. The first-order chi connectivity index (χ1) is 18.0. The zero-order valence-electron chi connectivity index (χ0n) is 20.2. The van der Waals surface area contributed by atoms with Gasteiger partial charge < -0.3 is 20.5 Å². The van der Waals surface area contributed by atoms with E-state index in [9.17, 15) is 9.18 Å². The second kappa shape index (κ2) is 9.25. The Balaban J connectivity index is 1.35. The molecular weight excluding hydrogens is 471 g/mol. The molecule has 3 aromatic heterocycles. The van der Waals surface area contributed by atoms with Gasteiger partial charge in [-0.2, -0.15) is 0 Å². The number of fused-ring (bicyclic) bond motifs is 2. The van der Waals surface area contributed by atoms with Crippen molar-refractivity contribution < 1.29 is 13.7 Å². The van der Waals surface area contributed by atoms with Gasteiger partial charge in [0.15, 0.2) is 0 Å². The predicted octanol–water partition coefficient (Wildman–Crippen LogP) is 5.07. The van der Waals surface area contributed by atoms with Gasteiger partial charge in [0.05, 0.1) is 34.2 Å². The Morgan fingerprint density at radius 3 is 2.73 bits per heavy atom. The number of hydrogen-bond donors (Lipinski definition) is 2. The quantitative estimate of drug-likeness (QED) is 0.358. The van der Waals surface area contributed by atoms with Crippen molar-refractivity contribution in [1.29, 1.82) is 0 Å². The number of piperidine rings is 1. The van der Waals surface area contributed by atoms with E-state index in [0.29, 0.717) is 29.2 Å². The van der Waals surface area contributed by atoms with E-state index in [0.717, 1.165) is 47.0 Å². The minimum Gasteiger partial charge on any atom is -0.368 e. The Labute approximate surface area is 212 Å². The molecule has 0 spiro atoms. The number of nitrogens with one attached hydrogen (secondary N) is 1. The van der Waals surface area contributed by atoms with Crippen molar-refractivity contribution in [1.82, 2.24) is 15.1 Å². The number of benzene rings is 2. The number of nitrogens with two attached hydrogens (primary N) is 1. The highest BCUT2D eigenvalue weighted by molar-refractivity contribution is 6.09. The molecular formula is C28H25FN6O2. The normalized spacial score (nSPS) is 15.9. The van der Waals surface area contributed by atoms with Crippen LogP contribution in [0.25, 0.3) is 33.1 Å². The number of carbonyl (C=O) groups excluding carboxylic acids is 1. The van der Waals surface area contributed by atoms with Crippen LogP contribution in [0.1, 0.15) is 29.0 Å². The summed E-state index contributed by atoms with van der Waals surface area (Å²) in [5.74, 6) is -0.645. The SMILES string of the molecule is Cc1noc2ncc(NC(=O)c3ccc4ccc(-c5ccc(F)cc5)cc4n3)c(N3CCC[C@H](N)C3)c12. The van der Waals surface area contributed by atoms with Crippen LogP contribution in [0.2, 0.25) is 0 Å². The lowest BCUT2D eigenvalue weighted by molar-refractivity contribution is 0.102. The summed E-state index contributed by atoms with van der Waals surface area (Å²) in [4.78, 5) is 24.6. The summed E-state index contributed by atoms with van der Waals surface area (Å²) in [6.07, 6.45) is 3.50. The minimum atomic E-state index is -0.355. The number of anilines is 2. The Hall–Kier alpha value is -4.37. The van der Waals surface area contributed by atoms with Crippen LogP contribution in [0, 0.1) is 12.7 Å². The number of aromatic nitrogens is 3. The molecule has 9 heteroatoms. The Bertz CT molecular complexity index is 1630. The third-order valence-electron chi connectivity index (χ3n) is 6.77. The van der Waals surface area contributed by atoms with Crippen LogP contribution in [0.15, 0.2) is 65.3 Å². The molecule has 37 heavy (non-hydrogen) atoms. The number of amides is 1. The van der Waals surface area contributed by atoms with Gasteiger partial charge in [-0.1, -0.05) is 35.5 Å². The van der Waals surface area contributed by atoms with Crippen molar-refractivity contribution in [2.75, 3.05) is 23.3 Å². The Kier molecular flexibility index (Phi) is 5.77. The molecule has 186 valence electrons. The predicted molar refractivity (Wildman–Crippen MR) is 141 cm³/mol. The van der Waals surface area contributed by atoms with Gasteiger partial charge in [-0.15, -0.1) is 0 Å². The summed E-state index contributed by atoms with van der Waals surface area (Å²) in [6, 6.07) is 15.7. The maximum atomic E-state index is 13.4. The highest BCUT2D eigenvalue weighted by atomic mass is 19.1.